The summed E-state index contributed by atoms with van der Waals surface area (Å²) in [6, 6.07) is 7.57. The van der Waals surface area contributed by atoms with Crippen LogP contribution in [0.3, 0.4) is 0 Å². The van der Waals surface area contributed by atoms with Crippen molar-refractivity contribution in [3.8, 4) is 11.8 Å². The number of halogens is 1. The summed E-state index contributed by atoms with van der Waals surface area (Å²) in [6.07, 6.45) is 2.95. The van der Waals surface area contributed by atoms with Gasteiger partial charge in [-0.3, -0.25) is 0 Å². The van der Waals surface area contributed by atoms with Crippen LogP contribution in [0.15, 0.2) is 36.7 Å². The molecule has 1 aromatic carbocycles. The molecule has 2 aromatic rings. The second kappa shape index (κ2) is 5.36. The third kappa shape index (κ3) is 3.22. The summed E-state index contributed by atoms with van der Waals surface area (Å²) in [6.45, 7) is 0.612. The number of nitrogens with zero attached hydrogens (tertiary/aromatic N) is 2. The zero-order valence-electron chi connectivity index (χ0n) is 9.14. The summed E-state index contributed by atoms with van der Waals surface area (Å²) in [7, 11) is 0. The van der Waals surface area contributed by atoms with Crippen molar-refractivity contribution in [2.75, 3.05) is 6.54 Å². The van der Waals surface area contributed by atoms with Gasteiger partial charge in [0.15, 0.2) is 5.82 Å². The zero-order chi connectivity index (χ0) is 12.1. The van der Waals surface area contributed by atoms with Crippen LogP contribution in [0.25, 0.3) is 0 Å². The molecule has 0 radical (unpaired) electrons. The lowest BCUT2D eigenvalue weighted by molar-refractivity contribution is 0.436. The van der Waals surface area contributed by atoms with E-state index in [1.54, 1.807) is 12.1 Å². The van der Waals surface area contributed by atoms with Gasteiger partial charge >= 0.3 is 6.01 Å². The van der Waals surface area contributed by atoms with E-state index >= 15 is 0 Å². The molecule has 88 valence electrons. The Balaban J connectivity index is 2.05. The van der Waals surface area contributed by atoms with Crippen LogP contribution in [0, 0.1) is 5.82 Å². The topological polar surface area (TPSA) is 61.0 Å². The Morgan fingerprint density at radius 1 is 1.12 bits per heavy atom. The van der Waals surface area contributed by atoms with Crippen LogP contribution in [0.4, 0.5) is 4.39 Å². The van der Waals surface area contributed by atoms with Gasteiger partial charge in [0.25, 0.3) is 0 Å². The summed E-state index contributed by atoms with van der Waals surface area (Å²) in [5.41, 5.74) is 6.59. The van der Waals surface area contributed by atoms with Crippen molar-refractivity contribution in [3.63, 3.8) is 0 Å². The maximum atomic E-state index is 12.6. The van der Waals surface area contributed by atoms with E-state index in [0.29, 0.717) is 12.3 Å². The standard InChI is InChI=1S/C12H12FN3O/c13-10-7-15-12(16-8-10)17-11-3-1-9(2-4-11)5-6-14/h1-4,7-8H,5-6,14H2. The van der Waals surface area contributed by atoms with Gasteiger partial charge in [-0.2, -0.15) is 0 Å². The Morgan fingerprint density at radius 3 is 2.35 bits per heavy atom. The number of nitrogens with two attached hydrogens (primary N) is 1. The fourth-order valence-electron chi connectivity index (χ4n) is 1.35. The molecule has 0 fully saturated rings. The first kappa shape index (κ1) is 11.5. The van der Waals surface area contributed by atoms with Gasteiger partial charge in [-0.05, 0) is 30.7 Å². The lowest BCUT2D eigenvalue weighted by atomic mass is 10.1. The van der Waals surface area contributed by atoms with E-state index in [-0.39, 0.29) is 6.01 Å². The van der Waals surface area contributed by atoms with Crippen molar-refractivity contribution in [1.82, 2.24) is 9.97 Å². The summed E-state index contributed by atoms with van der Waals surface area (Å²) in [5, 5.41) is 0. The average molecular weight is 233 g/mol. The van der Waals surface area contributed by atoms with E-state index in [9.17, 15) is 4.39 Å². The second-order valence-corrected chi connectivity index (χ2v) is 3.47. The van der Waals surface area contributed by atoms with Gasteiger partial charge in [0, 0.05) is 0 Å². The molecule has 0 amide bonds. The molecule has 0 unspecified atom stereocenters. The van der Waals surface area contributed by atoms with Gasteiger partial charge < -0.3 is 10.5 Å². The lowest BCUT2D eigenvalue weighted by Gasteiger charge is -2.04. The fraction of sp³-hybridized carbons (Fsp3) is 0.167. The van der Waals surface area contributed by atoms with E-state index in [2.05, 4.69) is 9.97 Å². The van der Waals surface area contributed by atoms with E-state index in [0.717, 1.165) is 24.4 Å². The molecule has 0 atom stereocenters. The first-order valence-corrected chi connectivity index (χ1v) is 5.22. The SMILES string of the molecule is NCCc1ccc(Oc2ncc(F)cn2)cc1. The smallest absolute Gasteiger partial charge is 0.322 e. The van der Waals surface area contributed by atoms with Crippen molar-refractivity contribution in [3.05, 3.63) is 48.0 Å². The number of benzene rings is 1. The van der Waals surface area contributed by atoms with Crippen LogP contribution in [-0.2, 0) is 6.42 Å². The highest BCUT2D eigenvalue weighted by Gasteiger charge is 2.00. The van der Waals surface area contributed by atoms with Crippen LogP contribution in [0.5, 0.6) is 11.8 Å². The summed E-state index contributed by atoms with van der Waals surface area (Å²) in [4.78, 5) is 7.41. The average Bonchev–Trinajstić information content (AvgIpc) is 2.35. The third-order valence-corrected chi connectivity index (χ3v) is 2.16. The molecule has 0 spiro atoms. The molecule has 0 saturated heterocycles. The van der Waals surface area contributed by atoms with Crippen LogP contribution < -0.4 is 10.5 Å². The van der Waals surface area contributed by atoms with Gasteiger partial charge in [0.1, 0.15) is 5.75 Å². The monoisotopic (exact) mass is 233 g/mol. The highest BCUT2D eigenvalue weighted by atomic mass is 19.1. The summed E-state index contributed by atoms with van der Waals surface area (Å²) < 4.78 is 17.9. The molecule has 1 heterocycles. The number of rotatable bonds is 4. The summed E-state index contributed by atoms with van der Waals surface area (Å²) >= 11 is 0. The van der Waals surface area contributed by atoms with Crippen molar-refractivity contribution < 1.29 is 9.13 Å². The molecular formula is C12H12FN3O. The Bertz CT molecular complexity index is 470. The first-order valence-electron chi connectivity index (χ1n) is 5.22. The van der Waals surface area contributed by atoms with Crippen LogP contribution in [-0.4, -0.2) is 16.5 Å². The minimum Gasteiger partial charge on any atom is -0.424 e. The number of hydrogen-bond acceptors (Lipinski definition) is 4. The second-order valence-electron chi connectivity index (χ2n) is 3.47. The van der Waals surface area contributed by atoms with Gasteiger partial charge in [-0.1, -0.05) is 12.1 Å². The predicted molar refractivity (Wildman–Crippen MR) is 61.3 cm³/mol. The van der Waals surface area contributed by atoms with Crippen molar-refractivity contribution >= 4 is 0 Å². The molecule has 2 rings (SSSR count). The van der Waals surface area contributed by atoms with E-state index in [1.165, 1.54) is 0 Å². The molecule has 2 N–H and O–H groups in total. The molecule has 1 aromatic heterocycles. The van der Waals surface area contributed by atoms with Crippen molar-refractivity contribution in [2.24, 2.45) is 5.73 Å². The van der Waals surface area contributed by atoms with Crippen LogP contribution >= 0.6 is 0 Å². The van der Waals surface area contributed by atoms with Gasteiger partial charge in [-0.15, -0.1) is 0 Å². The highest BCUT2D eigenvalue weighted by Crippen LogP contribution is 2.17. The van der Waals surface area contributed by atoms with E-state index in [1.807, 2.05) is 12.1 Å². The van der Waals surface area contributed by atoms with Gasteiger partial charge in [-0.25, -0.2) is 14.4 Å². The van der Waals surface area contributed by atoms with Gasteiger partial charge in [0.05, 0.1) is 12.4 Å². The molecular weight excluding hydrogens is 221 g/mol. The normalized spacial score (nSPS) is 10.2. The number of aromatic nitrogens is 2. The number of ether oxygens (including phenoxy) is 1. The Hall–Kier alpha value is -2.01. The largest absolute Gasteiger partial charge is 0.424 e. The lowest BCUT2D eigenvalue weighted by Crippen LogP contribution is -2.02. The van der Waals surface area contributed by atoms with Crippen LogP contribution in [0.1, 0.15) is 5.56 Å². The molecule has 0 aliphatic rings. The molecule has 0 bridgehead atoms. The van der Waals surface area contributed by atoms with E-state index < -0.39 is 5.82 Å². The molecule has 5 heteroatoms. The molecule has 4 nitrogen and oxygen atoms in total. The summed E-state index contributed by atoms with van der Waals surface area (Å²) in [5.74, 6) is 0.119. The number of hydrogen-bond donors (Lipinski definition) is 1. The maximum Gasteiger partial charge on any atom is 0.322 e. The van der Waals surface area contributed by atoms with Crippen LogP contribution in [0.2, 0.25) is 0 Å². The minimum atomic E-state index is -0.490. The first-order chi connectivity index (χ1) is 8.28. The Labute approximate surface area is 98.3 Å². The van der Waals surface area contributed by atoms with Gasteiger partial charge in [0.2, 0.25) is 0 Å². The van der Waals surface area contributed by atoms with E-state index in [4.69, 9.17) is 10.5 Å². The van der Waals surface area contributed by atoms with Crippen molar-refractivity contribution in [1.29, 1.82) is 0 Å². The predicted octanol–water partition coefficient (Wildman–Crippen LogP) is 1.91. The Morgan fingerprint density at radius 2 is 1.76 bits per heavy atom. The Kier molecular flexibility index (Phi) is 3.62. The molecule has 17 heavy (non-hydrogen) atoms. The maximum absolute atomic E-state index is 12.6. The minimum absolute atomic E-state index is 0.123. The molecule has 0 saturated carbocycles. The fourth-order valence-corrected chi connectivity index (χ4v) is 1.35. The molecule has 0 aliphatic heterocycles. The zero-order valence-corrected chi connectivity index (χ0v) is 9.14. The van der Waals surface area contributed by atoms with Crippen molar-refractivity contribution in [2.45, 2.75) is 6.42 Å². The molecule has 0 aliphatic carbocycles. The third-order valence-electron chi connectivity index (χ3n) is 2.16. The quantitative estimate of drug-likeness (QED) is 0.876. The highest BCUT2D eigenvalue weighted by molar-refractivity contribution is 5.29.